The summed E-state index contributed by atoms with van der Waals surface area (Å²) in [5.41, 5.74) is 5.04. The molecule has 10 heteroatoms. The molecular formula is C6H13NO8S. The standard InChI is InChI=1S/C6H13NO8S/c7-3(1-8)5(10)6(11)4(9)2-15-16(12,13)14/h1,3-6,9-11H,2,7H2,(H,12,13,14)/t3-,4-,5+,6+/m1/s1. The summed E-state index contributed by atoms with van der Waals surface area (Å²) in [6.07, 6.45) is -5.35. The van der Waals surface area contributed by atoms with E-state index in [1.54, 1.807) is 0 Å². The van der Waals surface area contributed by atoms with Crippen molar-refractivity contribution in [3.63, 3.8) is 0 Å². The van der Waals surface area contributed by atoms with Crippen molar-refractivity contribution in [1.29, 1.82) is 0 Å². The third kappa shape index (κ3) is 5.46. The highest BCUT2D eigenvalue weighted by atomic mass is 32.3. The average Bonchev–Trinajstić information content (AvgIpc) is 2.21. The van der Waals surface area contributed by atoms with Gasteiger partial charge in [-0.15, -0.1) is 0 Å². The molecule has 0 spiro atoms. The Balaban J connectivity index is 4.27. The second-order valence-corrected chi connectivity index (χ2v) is 4.07. The molecule has 0 aromatic carbocycles. The summed E-state index contributed by atoms with van der Waals surface area (Å²) < 4.78 is 32.1. The van der Waals surface area contributed by atoms with Crippen molar-refractivity contribution in [2.45, 2.75) is 24.4 Å². The number of carbonyl (C=O) groups is 1. The number of hydrogen-bond acceptors (Lipinski definition) is 8. The molecule has 0 aliphatic rings. The van der Waals surface area contributed by atoms with Crippen LogP contribution in [0.3, 0.4) is 0 Å². The van der Waals surface area contributed by atoms with Crippen molar-refractivity contribution < 1.29 is 37.3 Å². The zero-order chi connectivity index (χ0) is 12.9. The fourth-order valence-electron chi connectivity index (χ4n) is 0.790. The van der Waals surface area contributed by atoms with Crippen molar-refractivity contribution in [2.24, 2.45) is 5.73 Å². The number of aliphatic hydroxyl groups is 3. The maximum atomic E-state index is 10.1. The van der Waals surface area contributed by atoms with Crippen LogP contribution in [0.15, 0.2) is 0 Å². The van der Waals surface area contributed by atoms with Crippen LogP contribution < -0.4 is 5.73 Å². The first-order valence-electron chi connectivity index (χ1n) is 4.06. The van der Waals surface area contributed by atoms with Crippen LogP contribution in [0, 0.1) is 0 Å². The lowest BCUT2D eigenvalue weighted by Crippen LogP contribution is -2.50. The molecule has 0 aliphatic carbocycles. The van der Waals surface area contributed by atoms with Crippen molar-refractivity contribution >= 4 is 16.7 Å². The Hall–Kier alpha value is -0.620. The first-order chi connectivity index (χ1) is 7.19. The Morgan fingerprint density at radius 3 is 2.12 bits per heavy atom. The molecule has 0 rings (SSSR count). The van der Waals surface area contributed by atoms with E-state index in [9.17, 15) is 18.3 Å². The molecule has 9 nitrogen and oxygen atoms in total. The van der Waals surface area contributed by atoms with E-state index < -0.39 is 41.4 Å². The SMILES string of the molecule is N[C@H](C=O)[C@H](O)[C@@H](O)[C@H](O)COS(=O)(=O)O. The number of hydrogen-bond donors (Lipinski definition) is 5. The van der Waals surface area contributed by atoms with Crippen LogP contribution in [-0.4, -0.2) is 65.5 Å². The van der Waals surface area contributed by atoms with Gasteiger partial charge in [0, 0.05) is 0 Å². The summed E-state index contributed by atoms with van der Waals surface area (Å²) >= 11 is 0. The van der Waals surface area contributed by atoms with Crippen LogP contribution in [0.2, 0.25) is 0 Å². The molecular weight excluding hydrogens is 246 g/mol. The summed E-state index contributed by atoms with van der Waals surface area (Å²) in [7, 11) is -4.76. The fourth-order valence-corrected chi connectivity index (χ4v) is 1.10. The van der Waals surface area contributed by atoms with Crippen molar-refractivity contribution in [2.75, 3.05) is 6.61 Å². The van der Waals surface area contributed by atoms with Gasteiger partial charge in [-0.05, 0) is 0 Å². The monoisotopic (exact) mass is 259 g/mol. The van der Waals surface area contributed by atoms with E-state index in [-0.39, 0.29) is 6.29 Å². The summed E-state index contributed by atoms with van der Waals surface area (Å²) in [6.45, 7) is -0.983. The zero-order valence-electron chi connectivity index (χ0n) is 8.00. The minimum absolute atomic E-state index is 0.143. The number of carbonyl (C=O) groups excluding carboxylic acids is 1. The highest BCUT2D eigenvalue weighted by Gasteiger charge is 2.30. The van der Waals surface area contributed by atoms with E-state index in [4.69, 9.17) is 20.5 Å². The second kappa shape index (κ2) is 6.20. The molecule has 0 unspecified atom stereocenters. The van der Waals surface area contributed by atoms with Crippen molar-refractivity contribution in [3.05, 3.63) is 0 Å². The summed E-state index contributed by atoms with van der Waals surface area (Å²) in [6, 6.07) is -1.43. The van der Waals surface area contributed by atoms with Crippen LogP contribution in [0.1, 0.15) is 0 Å². The van der Waals surface area contributed by atoms with Crippen LogP contribution >= 0.6 is 0 Å². The molecule has 0 fully saturated rings. The highest BCUT2D eigenvalue weighted by Crippen LogP contribution is 2.04. The molecule has 0 aliphatic heterocycles. The minimum atomic E-state index is -4.76. The maximum Gasteiger partial charge on any atom is 0.397 e. The van der Waals surface area contributed by atoms with E-state index in [2.05, 4.69) is 4.18 Å². The van der Waals surface area contributed by atoms with E-state index in [1.807, 2.05) is 0 Å². The number of nitrogens with two attached hydrogens (primary N) is 1. The predicted octanol–water partition coefficient (Wildman–Crippen LogP) is -3.59. The van der Waals surface area contributed by atoms with Gasteiger partial charge in [0.15, 0.2) is 0 Å². The lowest BCUT2D eigenvalue weighted by Gasteiger charge is -2.23. The van der Waals surface area contributed by atoms with E-state index in [0.29, 0.717) is 0 Å². The lowest BCUT2D eigenvalue weighted by atomic mass is 10.0. The van der Waals surface area contributed by atoms with Gasteiger partial charge in [0.05, 0.1) is 12.6 Å². The van der Waals surface area contributed by atoms with Gasteiger partial charge >= 0.3 is 10.4 Å². The predicted molar refractivity (Wildman–Crippen MR) is 49.6 cm³/mol. The molecule has 0 saturated carbocycles. The number of aldehydes is 1. The molecule has 6 N–H and O–H groups in total. The summed E-state index contributed by atoms with van der Waals surface area (Å²) in [5.74, 6) is 0. The molecule has 0 bridgehead atoms. The van der Waals surface area contributed by atoms with Gasteiger partial charge in [0.1, 0.15) is 24.6 Å². The van der Waals surface area contributed by atoms with E-state index >= 15 is 0 Å². The van der Waals surface area contributed by atoms with Gasteiger partial charge in [0.25, 0.3) is 0 Å². The molecule has 0 radical (unpaired) electrons. The van der Waals surface area contributed by atoms with Gasteiger partial charge in [-0.25, -0.2) is 4.18 Å². The Kier molecular flexibility index (Phi) is 5.96. The number of aliphatic hydroxyl groups excluding tert-OH is 3. The Labute approximate surface area is 91.4 Å². The molecule has 0 aromatic heterocycles. The Morgan fingerprint density at radius 2 is 1.75 bits per heavy atom. The minimum Gasteiger partial charge on any atom is -0.388 e. The molecule has 0 heterocycles. The molecule has 4 atom stereocenters. The normalized spacial score (nSPS) is 19.8. The van der Waals surface area contributed by atoms with E-state index in [1.165, 1.54) is 0 Å². The number of rotatable bonds is 7. The van der Waals surface area contributed by atoms with Gasteiger partial charge in [-0.3, -0.25) is 4.55 Å². The zero-order valence-corrected chi connectivity index (χ0v) is 8.82. The maximum absolute atomic E-state index is 10.1. The third-order valence-electron chi connectivity index (χ3n) is 1.68. The van der Waals surface area contributed by atoms with Crippen LogP contribution in [-0.2, 0) is 19.4 Å². The van der Waals surface area contributed by atoms with Gasteiger partial charge in [0.2, 0.25) is 0 Å². The third-order valence-corrected chi connectivity index (χ3v) is 2.12. The van der Waals surface area contributed by atoms with Crippen LogP contribution in [0.5, 0.6) is 0 Å². The Bertz CT molecular complexity index is 316. The van der Waals surface area contributed by atoms with Crippen LogP contribution in [0.4, 0.5) is 0 Å². The van der Waals surface area contributed by atoms with Crippen LogP contribution in [0.25, 0.3) is 0 Å². The van der Waals surface area contributed by atoms with Gasteiger partial charge < -0.3 is 25.8 Å². The molecule has 16 heavy (non-hydrogen) atoms. The van der Waals surface area contributed by atoms with Gasteiger partial charge in [-0.2, -0.15) is 8.42 Å². The topological polar surface area (TPSA) is 167 Å². The molecule has 0 aromatic rings. The summed E-state index contributed by atoms with van der Waals surface area (Å²) in [5, 5.41) is 27.5. The first kappa shape index (κ1) is 15.4. The second-order valence-electron chi connectivity index (χ2n) is 2.97. The fraction of sp³-hybridized carbons (Fsp3) is 0.833. The summed E-state index contributed by atoms with van der Waals surface area (Å²) in [4.78, 5) is 10.1. The van der Waals surface area contributed by atoms with Gasteiger partial charge in [-0.1, -0.05) is 0 Å². The van der Waals surface area contributed by atoms with E-state index in [0.717, 1.165) is 0 Å². The lowest BCUT2D eigenvalue weighted by molar-refractivity contribution is -0.117. The van der Waals surface area contributed by atoms with Crippen molar-refractivity contribution in [1.82, 2.24) is 0 Å². The smallest absolute Gasteiger partial charge is 0.388 e. The largest absolute Gasteiger partial charge is 0.397 e. The average molecular weight is 259 g/mol. The Morgan fingerprint density at radius 1 is 1.25 bits per heavy atom. The molecule has 0 saturated heterocycles. The first-order valence-corrected chi connectivity index (χ1v) is 5.42. The quantitative estimate of drug-likeness (QED) is 0.229. The molecule has 0 amide bonds. The molecule has 96 valence electrons. The van der Waals surface area contributed by atoms with Crippen molar-refractivity contribution in [3.8, 4) is 0 Å². The highest BCUT2D eigenvalue weighted by molar-refractivity contribution is 7.80.